The van der Waals surface area contributed by atoms with E-state index in [2.05, 4.69) is 15.5 Å². The molecule has 11 nitrogen and oxygen atoms in total. The Morgan fingerprint density at radius 1 is 1.12 bits per heavy atom. The maximum atomic E-state index is 13.5. The van der Waals surface area contributed by atoms with Crippen molar-refractivity contribution in [2.75, 3.05) is 18.4 Å². The Kier molecular flexibility index (Phi) is 6.34. The molecule has 178 valence electrons. The fraction of sp³-hybridized carbons (Fsp3) is 0.250. The van der Waals surface area contributed by atoms with Gasteiger partial charge in [0.05, 0.1) is 9.82 Å². The Balaban J connectivity index is 1.37. The summed E-state index contributed by atoms with van der Waals surface area (Å²) in [5, 5.41) is 20.9. The summed E-state index contributed by atoms with van der Waals surface area (Å²) < 4.78 is 58.4. The highest BCUT2D eigenvalue weighted by atomic mass is 32.2. The molecule has 1 fully saturated rings. The summed E-state index contributed by atoms with van der Waals surface area (Å²) in [6, 6.07) is 7.70. The highest BCUT2D eigenvalue weighted by molar-refractivity contribution is 7.89. The van der Waals surface area contributed by atoms with E-state index in [-0.39, 0.29) is 48.4 Å². The van der Waals surface area contributed by atoms with Crippen LogP contribution in [0.1, 0.15) is 12.8 Å². The van der Waals surface area contributed by atoms with Crippen LogP contribution >= 0.6 is 0 Å². The molecule has 1 aliphatic heterocycles. The first kappa shape index (κ1) is 23.4. The molecule has 2 aromatic carbocycles. The number of aromatic nitrogens is 2. The second kappa shape index (κ2) is 9.23. The first-order valence-electron chi connectivity index (χ1n) is 9.99. The van der Waals surface area contributed by atoms with Crippen molar-refractivity contribution in [2.24, 2.45) is 5.92 Å². The maximum absolute atomic E-state index is 13.5. The van der Waals surface area contributed by atoms with E-state index in [9.17, 15) is 32.1 Å². The second-order valence-electron chi connectivity index (χ2n) is 7.46. The number of carbonyl (C=O) groups is 1. The van der Waals surface area contributed by atoms with Crippen molar-refractivity contribution in [2.45, 2.75) is 17.7 Å². The molecular weight excluding hydrogens is 476 g/mol. The van der Waals surface area contributed by atoms with Crippen molar-refractivity contribution in [1.82, 2.24) is 14.5 Å². The predicted molar refractivity (Wildman–Crippen MR) is 113 cm³/mol. The fourth-order valence-electron chi connectivity index (χ4n) is 3.50. The van der Waals surface area contributed by atoms with Gasteiger partial charge in [-0.1, -0.05) is 11.2 Å². The summed E-state index contributed by atoms with van der Waals surface area (Å²) in [7, 11) is -4.04. The molecule has 1 aromatic heterocycles. The van der Waals surface area contributed by atoms with E-state index >= 15 is 0 Å². The number of nitrogens with zero attached hydrogens (tertiary/aromatic N) is 4. The standard InChI is InChI=1S/C20H17F2N5O6S/c21-16-5-4-15(11-17(16)22)34(31,32)26-8-6-12(7-9-26)18(28)23-20-25-24-19(33-20)13-2-1-3-14(10-13)27(29)30/h1-5,10-12H,6-9H2,(H,23,25,28). The number of carbonyl (C=O) groups excluding carboxylic acids is 1. The van der Waals surface area contributed by atoms with Crippen molar-refractivity contribution in [3.8, 4) is 11.5 Å². The molecule has 0 radical (unpaired) electrons. The minimum absolute atomic E-state index is 0.00216. The van der Waals surface area contributed by atoms with Crippen molar-refractivity contribution in [1.29, 1.82) is 0 Å². The number of hydrogen-bond acceptors (Lipinski definition) is 8. The predicted octanol–water partition coefficient (Wildman–Crippen LogP) is 2.96. The van der Waals surface area contributed by atoms with Crippen LogP contribution in [0.3, 0.4) is 0 Å². The maximum Gasteiger partial charge on any atom is 0.322 e. The van der Waals surface area contributed by atoms with Gasteiger partial charge in [0.1, 0.15) is 0 Å². The van der Waals surface area contributed by atoms with Gasteiger partial charge in [0.25, 0.3) is 5.69 Å². The third-order valence-electron chi connectivity index (χ3n) is 5.31. The lowest BCUT2D eigenvalue weighted by Crippen LogP contribution is -2.41. The number of nitrogens with one attached hydrogen (secondary N) is 1. The molecular formula is C20H17F2N5O6S. The minimum Gasteiger partial charge on any atom is -0.403 e. The van der Waals surface area contributed by atoms with Crippen LogP contribution in [0.5, 0.6) is 0 Å². The second-order valence-corrected chi connectivity index (χ2v) is 9.40. The molecule has 0 saturated carbocycles. The van der Waals surface area contributed by atoms with E-state index in [0.717, 1.165) is 16.4 Å². The van der Waals surface area contributed by atoms with Crippen LogP contribution in [0.15, 0.2) is 51.8 Å². The van der Waals surface area contributed by atoms with Crippen LogP contribution in [-0.4, -0.2) is 46.8 Å². The third-order valence-corrected chi connectivity index (χ3v) is 7.21. The van der Waals surface area contributed by atoms with Gasteiger partial charge in [-0.15, -0.1) is 5.10 Å². The van der Waals surface area contributed by atoms with Gasteiger partial charge in [-0.25, -0.2) is 17.2 Å². The number of piperidine rings is 1. The first-order valence-corrected chi connectivity index (χ1v) is 11.4. The van der Waals surface area contributed by atoms with Gasteiger partial charge in [-0.3, -0.25) is 20.2 Å². The topological polar surface area (TPSA) is 149 Å². The summed E-state index contributed by atoms with van der Waals surface area (Å²) in [6.07, 6.45) is 0.362. The van der Waals surface area contributed by atoms with Crippen LogP contribution in [0.25, 0.3) is 11.5 Å². The zero-order chi connectivity index (χ0) is 24.5. The number of sulfonamides is 1. The molecule has 2 heterocycles. The number of hydrogen-bond donors (Lipinski definition) is 1. The lowest BCUT2D eigenvalue weighted by Gasteiger charge is -2.30. The molecule has 1 saturated heterocycles. The van der Waals surface area contributed by atoms with Crippen LogP contribution in [0.4, 0.5) is 20.5 Å². The molecule has 4 rings (SSSR count). The molecule has 34 heavy (non-hydrogen) atoms. The number of amides is 1. The molecule has 1 N–H and O–H groups in total. The van der Waals surface area contributed by atoms with Gasteiger partial charge in [-0.05, 0) is 37.1 Å². The van der Waals surface area contributed by atoms with Crippen molar-refractivity contribution in [3.63, 3.8) is 0 Å². The molecule has 0 unspecified atom stereocenters. The number of non-ortho nitro benzene ring substituents is 1. The summed E-state index contributed by atoms with van der Waals surface area (Å²) in [6.45, 7) is 0.00433. The van der Waals surface area contributed by atoms with Gasteiger partial charge in [0.15, 0.2) is 11.6 Å². The summed E-state index contributed by atoms with van der Waals surface area (Å²) in [4.78, 5) is 22.6. The average molecular weight is 493 g/mol. The molecule has 3 aromatic rings. The zero-order valence-electron chi connectivity index (χ0n) is 17.3. The Morgan fingerprint density at radius 3 is 2.53 bits per heavy atom. The summed E-state index contributed by atoms with van der Waals surface area (Å²) >= 11 is 0. The lowest BCUT2D eigenvalue weighted by atomic mass is 9.97. The number of halogens is 2. The quantitative estimate of drug-likeness (QED) is 0.407. The average Bonchev–Trinajstić information content (AvgIpc) is 3.29. The van der Waals surface area contributed by atoms with Crippen molar-refractivity contribution in [3.05, 3.63) is 64.2 Å². The van der Waals surface area contributed by atoms with Crippen LogP contribution in [0.2, 0.25) is 0 Å². The van der Waals surface area contributed by atoms with Gasteiger partial charge in [0, 0.05) is 36.7 Å². The Hall–Kier alpha value is -3.78. The fourth-order valence-corrected chi connectivity index (χ4v) is 4.98. The van der Waals surface area contributed by atoms with Gasteiger partial charge in [0.2, 0.25) is 21.8 Å². The van der Waals surface area contributed by atoms with E-state index in [1.54, 1.807) is 0 Å². The number of anilines is 1. The van der Waals surface area contributed by atoms with E-state index in [1.165, 1.54) is 24.3 Å². The Bertz CT molecular complexity index is 1350. The minimum atomic E-state index is -4.04. The van der Waals surface area contributed by atoms with Crippen LogP contribution < -0.4 is 5.32 Å². The van der Waals surface area contributed by atoms with E-state index < -0.39 is 38.4 Å². The SMILES string of the molecule is O=C(Nc1nnc(-c2cccc([N+](=O)[O-])c2)o1)C1CCN(S(=O)(=O)c2ccc(F)c(F)c2)CC1. The van der Waals surface area contributed by atoms with Crippen LogP contribution in [-0.2, 0) is 14.8 Å². The molecule has 1 amide bonds. The number of rotatable bonds is 6. The van der Waals surface area contributed by atoms with Gasteiger partial charge in [-0.2, -0.15) is 4.31 Å². The monoisotopic (exact) mass is 493 g/mol. The molecule has 14 heteroatoms. The molecule has 0 spiro atoms. The molecule has 0 aliphatic carbocycles. The lowest BCUT2D eigenvalue weighted by molar-refractivity contribution is -0.384. The molecule has 0 atom stereocenters. The zero-order valence-corrected chi connectivity index (χ0v) is 18.2. The van der Waals surface area contributed by atoms with Gasteiger partial charge >= 0.3 is 6.01 Å². The first-order chi connectivity index (χ1) is 16.1. The largest absolute Gasteiger partial charge is 0.403 e. The number of nitro groups is 1. The van der Waals surface area contributed by atoms with Gasteiger partial charge < -0.3 is 4.42 Å². The highest BCUT2D eigenvalue weighted by Crippen LogP contribution is 2.27. The van der Waals surface area contributed by atoms with E-state index in [4.69, 9.17) is 4.42 Å². The number of nitro benzene ring substituents is 1. The summed E-state index contributed by atoms with van der Waals surface area (Å²) in [5.41, 5.74) is 0.143. The molecule has 0 bridgehead atoms. The van der Waals surface area contributed by atoms with Crippen molar-refractivity contribution >= 4 is 27.6 Å². The van der Waals surface area contributed by atoms with E-state index in [1.807, 2.05) is 0 Å². The number of benzene rings is 2. The Morgan fingerprint density at radius 2 is 1.85 bits per heavy atom. The Labute approximate surface area is 191 Å². The smallest absolute Gasteiger partial charge is 0.322 e. The normalized spacial score (nSPS) is 15.2. The van der Waals surface area contributed by atoms with E-state index in [0.29, 0.717) is 11.6 Å². The third kappa shape index (κ3) is 4.77. The van der Waals surface area contributed by atoms with Crippen LogP contribution in [0, 0.1) is 27.7 Å². The van der Waals surface area contributed by atoms with Crippen molar-refractivity contribution < 1.29 is 31.3 Å². The summed E-state index contributed by atoms with van der Waals surface area (Å²) in [5.74, 6) is -3.45. The molecule has 1 aliphatic rings. The highest BCUT2D eigenvalue weighted by Gasteiger charge is 2.33.